The van der Waals surface area contributed by atoms with Crippen molar-refractivity contribution in [3.8, 4) is 5.75 Å². The zero-order valence-corrected chi connectivity index (χ0v) is 17.0. The molecule has 0 radical (unpaired) electrons. The van der Waals surface area contributed by atoms with Gasteiger partial charge in [-0.1, -0.05) is 29.8 Å². The lowest BCUT2D eigenvalue weighted by molar-refractivity contribution is -0.149. The summed E-state index contributed by atoms with van der Waals surface area (Å²) < 4.78 is 37.2. The van der Waals surface area contributed by atoms with E-state index in [9.17, 15) is 13.2 Å². The maximum atomic E-state index is 13.4. The molecule has 1 fully saturated rings. The van der Waals surface area contributed by atoms with Gasteiger partial charge in [-0.3, -0.25) is 4.79 Å². The summed E-state index contributed by atoms with van der Waals surface area (Å²) in [6.07, 6.45) is 0. The second-order valence-electron chi connectivity index (χ2n) is 6.99. The first-order chi connectivity index (χ1) is 13.3. The number of sulfone groups is 1. The molecule has 0 heterocycles. The predicted octanol–water partition coefficient (Wildman–Crippen LogP) is 2.45. The first-order valence-corrected chi connectivity index (χ1v) is 10.7. The number of ether oxygens (including phenoxy) is 2. The van der Waals surface area contributed by atoms with Crippen LogP contribution in [-0.4, -0.2) is 39.9 Å². The molecule has 0 bridgehead atoms. The van der Waals surface area contributed by atoms with E-state index in [1.54, 1.807) is 62.6 Å². The van der Waals surface area contributed by atoms with Crippen LogP contribution in [0.25, 0.3) is 0 Å². The number of aryl methyl sites for hydroxylation is 1. The Morgan fingerprint density at radius 1 is 1.11 bits per heavy atom. The monoisotopic (exact) mass is 403 g/mol. The first-order valence-electron chi connectivity index (χ1n) is 9.14. The molecule has 0 spiro atoms. The maximum absolute atomic E-state index is 13.4. The molecule has 2 N–H and O–H groups in total. The van der Waals surface area contributed by atoms with E-state index in [1.165, 1.54) is 0 Å². The minimum Gasteiger partial charge on any atom is -0.497 e. The molecule has 2 aromatic rings. The number of benzene rings is 2. The quantitative estimate of drug-likeness (QED) is 0.714. The number of hydrogen-bond donors (Lipinski definition) is 1. The molecule has 0 amide bonds. The van der Waals surface area contributed by atoms with Crippen molar-refractivity contribution in [1.29, 1.82) is 0 Å². The number of rotatable bonds is 7. The van der Waals surface area contributed by atoms with Crippen LogP contribution in [0.3, 0.4) is 0 Å². The molecule has 0 saturated heterocycles. The van der Waals surface area contributed by atoms with E-state index in [1.807, 2.05) is 6.92 Å². The van der Waals surface area contributed by atoms with Crippen molar-refractivity contribution < 1.29 is 22.7 Å². The highest BCUT2D eigenvalue weighted by molar-refractivity contribution is 7.92. The minimum atomic E-state index is -3.79. The fourth-order valence-corrected chi connectivity index (χ4v) is 6.23. The molecule has 150 valence electrons. The molecular weight excluding hydrogens is 378 g/mol. The first kappa shape index (κ1) is 20.4. The number of carbonyl (C=O) groups is 1. The summed E-state index contributed by atoms with van der Waals surface area (Å²) in [7, 11) is -2.24. The molecule has 0 unspecified atom stereocenters. The number of esters is 1. The smallest absolute Gasteiger partial charge is 0.315 e. The molecule has 3 rings (SSSR count). The van der Waals surface area contributed by atoms with Crippen LogP contribution in [0.5, 0.6) is 5.75 Å². The Hall–Kier alpha value is -2.38. The van der Waals surface area contributed by atoms with Crippen LogP contribution in [0.1, 0.15) is 24.0 Å². The lowest BCUT2D eigenvalue weighted by atomic mass is 9.99. The van der Waals surface area contributed by atoms with Gasteiger partial charge in [0.1, 0.15) is 11.2 Å². The van der Waals surface area contributed by atoms with Crippen molar-refractivity contribution in [3.63, 3.8) is 0 Å². The van der Waals surface area contributed by atoms with Crippen molar-refractivity contribution in [1.82, 2.24) is 0 Å². The van der Waals surface area contributed by atoms with E-state index in [-0.39, 0.29) is 18.0 Å². The molecule has 0 aromatic heterocycles. The van der Waals surface area contributed by atoms with E-state index < -0.39 is 32.4 Å². The van der Waals surface area contributed by atoms with Gasteiger partial charge >= 0.3 is 5.97 Å². The zero-order valence-electron chi connectivity index (χ0n) is 16.2. The van der Waals surface area contributed by atoms with Crippen LogP contribution in [0, 0.1) is 12.3 Å². The molecule has 1 saturated carbocycles. The minimum absolute atomic E-state index is 0.113. The molecule has 0 aliphatic heterocycles. The van der Waals surface area contributed by atoms with E-state index in [2.05, 4.69) is 0 Å². The normalized spacial score (nSPS) is 23.9. The molecule has 3 atom stereocenters. The highest BCUT2D eigenvalue weighted by atomic mass is 32.2. The average Bonchev–Trinajstić information content (AvgIpc) is 3.40. The molecular formula is C21H25NO5S. The van der Waals surface area contributed by atoms with E-state index in [4.69, 9.17) is 15.2 Å². The van der Waals surface area contributed by atoms with Crippen LogP contribution in [0.2, 0.25) is 0 Å². The third kappa shape index (κ3) is 3.18. The Balaban J connectivity index is 2.09. The van der Waals surface area contributed by atoms with Gasteiger partial charge < -0.3 is 15.2 Å². The Bertz CT molecular complexity index is 953. The summed E-state index contributed by atoms with van der Waals surface area (Å²) in [4.78, 5) is 13.0. The van der Waals surface area contributed by atoms with Crippen LogP contribution in [0.4, 0.5) is 0 Å². The summed E-state index contributed by atoms with van der Waals surface area (Å²) in [5.41, 5.74) is 6.36. The van der Waals surface area contributed by atoms with Crippen molar-refractivity contribution in [2.75, 3.05) is 20.3 Å². The summed E-state index contributed by atoms with van der Waals surface area (Å²) in [6, 6.07) is 13.7. The van der Waals surface area contributed by atoms with Gasteiger partial charge in [-0.25, -0.2) is 8.42 Å². The van der Waals surface area contributed by atoms with Gasteiger partial charge in [-0.2, -0.15) is 0 Å². The second-order valence-corrected chi connectivity index (χ2v) is 9.06. The van der Waals surface area contributed by atoms with Gasteiger partial charge in [-0.05, 0) is 43.7 Å². The van der Waals surface area contributed by atoms with Gasteiger partial charge in [0.05, 0.1) is 23.9 Å². The largest absolute Gasteiger partial charge is 0.497 e. The predicted molar refractivity (Wildman–Crippen MR) is 106 cm³/mol. The van der Waals surface area contributed by atoms with E-state index >= 15 is 0 Å². The molecule has 7 heteroatoms. The molecule has 28 heavy (non-hydrogen) atoms. The maximum Gasteiger partial charge on any atom is 0.315 e. The molecule has 1 aliphatic rings. The van der Waals surface area contributed by atoms with Crippen LogP contribution in [0.15, 0.2) is 53.4 Å². The van der Waals surface area contributed by atoms with E-state index in [0.717, 1.165) is 11.1 Å². The van der Waals surface area contributed by atoms with Crippen molar-refractivity contribution in [2.24, 2.45) is 11.1 Å². The van der Waals surface area contributed by atoms with Crippen LogP contribution < -0.4 is 10.5 Å². The number of hydrogen-bond acceptors (Lipinski definition) is 6. The highest BCUT2D eigenvalue weighted by Crippen LogP contribution is 2.64. The van der Waals surface area contributed by atoms with Crippen LogP contribution >= 0.6 is 0 Å². The third-order valence-corrected chi connectivity index (χ3v) is 7.70. The number of carbonyl (C=O) groups excluding carboxylic acids is 1. The number of nitrogens with two attached hydrogens (primary N) is 1. The summed E-state index contributed by atoms with van der Waals surface area (Å²) in [5.74, 6) is -0.496. The average molecular weight is 404 g/mol. The van der Waals surface area contributed by atoms with Crippen molar-refractivity contribution in [2.45, 2.75) is 29.9 Å². The SMILES string of the molecule is CCOC(=O)[C@]1(CN)[C@H](c2ccc(OC)cc2)[C@@H]1S(=O)(=O)c1ccc(C)cc1. The van der Waals surface area contributed by atoms with Crippen molar-refractivity contribution >= 4 is 15.8 Å². The van der Waals surface area contributed by atoms with Gasteiger partial charge in [0.15, 0.2) is 9.84 Å². The number of methoxy groups -OCH3 is 1. The summed E-state index contributed by atoms with van der Waals surface area (Å²) >= 11 is 0. The van der Waals surface area contributed by atoms with Gasteiger partial charge in [0.25, 0.3) is 0 Å². The van der Waals surface area contributed by atoms with E-state index in [0.29, 0.717) is 5.75 Å². The molecule has 1 aliphatic carbocycles. The second kappa shape index (κ2) is 7.56. The molecule has 2 aromatic carbocycles. The Morgan fingerprint density at radius 3 is 2.21 bits per heavy atom. The fourth-order valence-electron chi connectivity index (χ4n) is 3.85. The lowest BCUT2D eigenvalue weighted by Gasteiger charge is -2.14. The Labute approximate surface area is 165 Å². The Kier molecular flexibility index (Phi) is 5.50. The lowest BCUT2D eigenvalue weighted by Crippen LogP contribution is -2.33. The summed E-state index contributed by atoms with van der Waals surface area (Å²) in [6.45, 7) is 3.62. The topological polar surface area (TPSA) is 95.7 Å². The summed E-state index contributed by atoms with van der Waals surface area (Å²) in [5, 5.41) is -0.972. The van der Waals surface area contributed by atoms with Gasteiger partial charge in [0.2, 0.25) is 0 Å². The van der Waals surface area contributed by atoms with Crippen molar-refractivity contribution in [3.05, 3.63) is 59.7 Å². The standard InChI is InChI=1S/C21H25NO5S/c1-4-27-20(23)21(13-22)18(15-7-9-16(26-3)10-8-15)19(21)28(24,25)17-11-5-14(2)6-12-17/h5-12,18-19H,4,13,22H2,1-3H3/t18-,19+,21-/m1/s1. The third-order valence-electron chi connectivity index (χ3n) is 5.41. The highest BCUT2D eigenvalue weighted by Gasteiger charge is 2.75. The zero-order chi connectivity index (χ0) is 20.5. The van der Waals surface area contributed by atoms with Crippen LogP contribution in [-0.2, 0) is 19.4 Å². The molecule has 6 nitrogen and oxygen atoms in total. The Morgan fingerprint density at radius 2 is 1.71 bits per heavy atom. The van der Waals surface area contributed by atoms with Gasteiger partial charge in [-0.15, -0.1) is 0 Å². The van der Waals surface area contributed by atoms with Gasteiger partial charge in [0, 0.05) is 12.5 Å². The fraction of sp³-hybridized carbons (Fsp3) is 0.381.